The third kappa shape index (κ3) is 5.30. The summed E-state index contributed by atoms with van der Waals surface area (Å²) in [5, 5.41) is 2.15. The summed E-state index contributed by atoms with van der Waals surface area (Å²) < 4.78 is 59.5. The van der Waals surface area contributed by atoms with Crippen LogP contribution >= 0.6 is 11.6 Å². The highest BCUT2D eigenvalue weighted by Gasteiger charge is 2.47. The molecule has 0 radical (unpaired) electrons. The summed E-state index contributed by atoms with van der Waals surface area (Å²) in [6.45, 7) is -0.890. The number of hydrogen-bond donors (Lipinski definition) is 1. The van der Waals surface area contributed by atoms with E-state index in [-0.39, 0.29) is 11.8 Å². The lowest BCUT2D eigenvalue weighted by Gasteiger charge is -2.07. The number of rotatable bonds is 5. The number of alkyl halides is 3. The van der Waals surface area contributed by atoms with Crippen LogP contribution in [-0.2, 0) is 14.3 Å². The molecule has 0 saturated heterocycles. The summed E-state index contributed by atoms with van der Waals surface area (Å²) in [4.78, 5) is 3.44. The zero-order valence-corrected chi connectivity index (χ0v) is 9.08. The Bertz CT molecular complexity index is 327. The molecule has 0 amide bonds. The van der Waals surface area contributed by atoms with Crippen molar-refractivity contribution in [3.8, 4) is 0 Å². The highest BCUT2D eigenvalue weighted by Crippen LogP contribution is 2.24. The first-order valence-corrected chi connectivity index (χ1v) is 5.28. The van der Waals surface area contributed by atoms with Gasteiger partial charge in [0.05, 0.1) is 6.67 Å². The number of hydrogen-bond acceptors (Lipinski definition) is 5. The molecule has 15 heavy (non-hydrogen) atoms. The van der Waals surface area contributed by atoms with Gasteiger partial charge in [0.25, 0.3) is 0 Å². The van der Waals surface area contributed by atoms with E-state index in [4.69, 9.17) is 11.6 Å². The summed E-state index contributed by atoms with van der Waals surface area (Å²) in [6, 6.07) is 0. The van der Waals surface area contributed by atoms with Crippen molar-refractivity contribution in [3.05, 3.63) is 0 Å². The second-order valence-corrected chi connectivity index (χ2v) is 4.25. The van der Waals surface area contributed by atoms with Gasteiger partial charge in [-0.05, 0) is 7.05 Å². The number of aliphatic imine (C=N–C) groups is 1. The molecule has 0 saturated carbocycles. The Kier molecular flexibility index (Phi) is 5.49. The van der Waals surface area contributed by atoms with E-state index < -0.39 is 22.2 Å². The topological polar surface area (TPSA) is 67.8 Å². The van der Waals surface area contributed by atoms with Crippen molar-refractivity contribution in [1.29, 1.82) is 0 Å². The lowest BCUT2D eigenvalue weighted by Crippen LogP contribution is -2.27. The highest BCUT2D eigenvalue weighted by atomic mass is 35.5. The second-order valence-electron chi connectivity index (χ2n) is 2.21. The molecule has 0 aliphatic heterocycles. The minimum Gasteiger partial charge on any atom is -0.301 e. The van der Waals surface area contributed by atoms with Gasteiger partial charge in [-0.1, -0.05) is 11.6 Å². The molecule has 0 aromatic rings. The molecule has 5 nitrogen and oxygen atoms in total. The molecule has 0 rings (SSSR count). The van der Waals surface area contributed by atoms with Gasteiger partial charge in [0, 0.05) is 0 Å². The van der Waals surface area contributed by atoms with Crippen molar-refractivity contribution in [2.45, 2.75) is 5.51 Å². The van der Waals surface area contributed by atoms with Gasteiger partial charge in [-0.2, -0.15) is 21.6 Å². The van der Waals surface area contributed by atoms with Gasteiger partial charge in [0.15, 0.2) is 0 Å². The van der Waals surface area contributed by atoms with Crippen molar-refractivity contribution < 1.29 is 25.8 Å². The van der Waals surface area contributed by atoms with Crippen LogP contribution in [0.2, 0.25) is 0 Å². The fourth-order valence-corrected chi connectivity index (χ4v) is 0.983. The minimum absolute atomic E-state index is 0.0499. The second kappa shape index (κ2) is 5.64. The summed E-state index contributed by atoms with van der Waals surface area (Å²) in [6.07, 6.45) is 0. The third-order valence-corrected chi connectivity index (χ3v) is 2.25. The molecule has 1 N–H and O–H groups in total. The molecule has 90 valence electrons. The average Bonchev–Trinajstić information content (AvgIpc) is 2.09. The Hall–Kier alpha value is -0.380. The molecule has 0 unspecified atom stereocenters. The number of nitrogens with one attached hydrogen (secondary N) is 1. The average molecular weight is 269 g/mol. The number of nitrogens with zero attached hydrogens (tertiary/aromatic N) is 1. The molecule has 10 heteroatoms. The summed E-state index contributed by atoms with van der Waals surface area (Å²) in [5.41, 5.74) is -5.45. The first-order valence-electron chi connectivity index (χ1n) is 3.50. The molecule has 0 spiro atoms. The monoisotopic (exact) mass is 268 g/mol. The maximum atomic E-state index is 11.7. The molecule has 0 aromatic carbocycles. The molecule has 0 atom stereocenters. The lowest BCUT2D eigenvalue weighted by molar-refractivity contribution is -0.0532. The van der Waals surface area contributed by atoms with E-state index in [9.17, 15) is 21.6 Å². The molecule has 0 aliphatic carbocycles. The van der Waals surface area contributed by atoms with Crippen molar-refractivity contribution in [2.75, 3.05) is 20.3 Å². The van der Waals surface area contributed by atoms with Gasteiger partial charge in [0.2, 0.25) is 0 Å². The summed E-state index contributed by atoms with van der Waals surface area (Å²) in [5.74, 6) is 0. The van der Waals surface area contributed by atoms with Crippen molar-refractivity contribution >= 4 is 26.9 Å². The first kappa shape index (κ1) is 14.6. The van der Waals surface area contributed by atoms with Crippen LogP contribution in [0.5, 0.6) is 0 Å². The maximum Gasteiger partial charge on any atom is 0.523 e. The van der Waals surface area contributed by atoms with Gasteiger partial charge in [-0.25, -0.2) is 0 Å². The fourth-order valence-electron chi connectivity index (χ4n) is 0.403. The highest BCUT2D eigenvalue weighted by molar-refractivity contribution is 7.87. The zero-order valence-electron chi connectivity index (χ0n) is 7.51. The maximum absolute atomic E-state index is 11.7. The van der Waals surface area contributed by atoms with Crippen molar-refractivity contribution in [1.82, 2.24) is 5.32 Å². The van der Waals surface area contributed by atoms with Gasteiger partial charge < -0.3 is 5.32 Å². The molecule has 0 bridgehead atoms. The van der Waals surface area contributed by atoms with Crippen LogP contribution in [0.4, 0.5) is 13.2 Å². The molecular formula is C5H8ClF3N2O3S. The minimum atomic E-state index is -5.60. The normalized spacial score (nSPS) is 14.3. The van der Waals surface area contributed by atoms with Crippen LogP contribution in [0, 0.1) is 0 Å². The van der Waals surface area contributed by atoms with Crippen molar-refractivity contribution in [3.63, 3.8) is 0 Å². The summed E-state index contributed by atoms with van der Waals surface area (Å²) >= 11 is 5.27. The molecule has 0 heterocycles. The Morgan fingerprint density at radius 2 is 2.07 bits per heavy atom. The number of halogens is 4. The van der Waals surface area contributed by atoms with Gasteiger partial charge >= 0.3 is 15.6 Å². The first-order chi connectivity index (χ1) is 6.70. The van der Waals surface area contributed by atoms with Gasteiger partial charge in [0.1, 0.15) is 11.8 Å². The van der Waals surface area contributed by atoms with E-state index in [2.05, 4.69) is 14.5 Å². The standard InChI is InChI=1S/C5H8ClF3N2O3S/c1-10-3-11-4(6)2-14-15(12,13)5(7,8)9/h10H,2-3H2,1H3. The van der Waals surface area contributed by atoms with Crippen LogP contribution in [0.1, 0.15) is 0 Å². The Morgan fingerprint density at radius 3 is 2.47 bits per heavy atom. The van der Waals surface area contributed by atoms with E-state index in [1.165, 1.54) is 7.05 Å². The lowest BCUT2D eigenvalue weighted by atomic mass is 10.8. The molecular weight excluding hydrogens is 261 g/mol. The van der Waals surface area contributed by atoms with Gasteiger partial charge in [-0.3, -0.25) is 9.18 Å². The quantitative estimate of drug-likeness (QED) is 0.452. The third-order valence-electron chi connectivity index (χ3n) is 1.03. The van der Waals surface area contributed by atoms with E-state index in [0.717, 1.165) is 0 Å². The van der Waals surface area contributed by atoms with E-state index in [1.54, 1.807) is 0 Å². The van der Waals surface area contributed by atoms with Crippen LogP contribution in [0.25, 0.3) is 0 Å². The fraction of sp³-hybridized carbons (Fsp3) is 0.800. The van der Waals surface area contributed by atoms with Crippen LogP contribution in [0.15, 0.2) is 4.99 Å². The molecule has 0 aliphatic rings. The molecule has 0 aromatic heterocycles. The Morgan fingerprint density at radius 1 is 1.53 bits per heavy atom. The summed E-state index contributed by atoms with van der Waals surface area (Å²) in [7, 11) is -4.07. The Balaban J connectivity index is 4.29. The Labute approximate surface area is 89.4 Å². The van der Waals surface area contributed by atoms with Crippen LogP contribution in [0.3, 0.4) is 0 Å². The SMILES string of the molecule is CNCN=C(Cl)COS(=O)(=O)C(F)(F)F. The zero-order chi connectivity index (χ0) is 12.1. The van der Waals surface area contributed by atoms with E-state index in [0.29, 0.717) is 0 Å². The predicted octanol–water partition coefficient (Wildman–Crippen LogP) is 0.667. The van der Waals surface area contributed by atoms with Crippen LogP contribution < -0.4 is 5.32 Å². The predicted molar refractivity (Wildman–Crippen MR) is 48.1 cm³/mol. The van der Waals surface area contributed by atoms with E-state index in [1.807, 2.05) is 0 Å². The molecule has 0 fully saturated rings. The van der Waals surface area contributed by atoms with E-state index >= 15 is 0 Å². The largest absolute Gasteiger partial charge is 0.523 e. The van der Waals surface area contributed by atoms with Crippen molar-refractivity contribution in [2.24, 2.45) is 4.99 Å². The smallest absolute Gasteiger partial charge is 0.301 e. The van der Waals surface area contributed by atoms with Gasteiger partial charge in [-0.15, -0.1) is 0 Å². The van der Waals surface area contributed by atoms with Crippen LogP contribution in [-0.4, -0.2) is 39.4 Å².